The molecule has 0 saturated heterocycles. The van der Waals surface area contributed by atoms with Crippen LogP contribution >= 0.6 is 12.4 Å². The van der Waals surface area contributed by atoms with Gasteiger partial charge in [-0.05, 0) is 12.1 Å². The Morgan fingerprint density at radius 2 is 2.00 bits per heavy atom. The summed E-state index contributed by atoms with van der Waals surface area (Å²) in [5.41, 5.74) is -0.421. The first-order chi connectivity index (χ1) is 8.10. The van der Waals surface area contributed by atoms with E-state index in [2.05, 4.69) is 4.98 Å². The number of hydrogen-bond donors (Lipinski definition) is 1. The molecule has 2 aromatic heterocycles. The van der Waals surface area contributed by atoms with E-state index in [1.54, 1.807) is 6.07 Å². The first-order valence-electron chi connectivity index (χ1n) is 4.63. The van der Waals surface area contributed by atoms with Gasteiger partial charge in [0.05, 0.1) is 5.52 Å². The van der Waals surface area contributed by atoms with Crippen LogP contribution in [-0.4, -0.2) is 14.7 Å². The summed E-state index contributed by atoms with van der Waals surface area (Å²) in [5, 5.41) is 27.3. The Balaban J connectivity index is 0.00000162. The molecule has 7 heteroatoms. The topological polar surface area (TPSA) is 103 Å². The molecule has 0 aliphatic heterocycles. The second-order valence-electron chi connectivity index (χ2n) is 3.38. The normalized spacial score (nSPS) is 9.28. The summed E-state index contributed by atoms with van der Waals surface area (Å²) in [5.74, 6) is -0.484. The molecule has 0 fully saturated rings. The van der Waals surface area contributed by atoms with Crippen LogP contribution in [0.4, 0.5) is 0 Å². The van der Waals surface area contributed by atoms with Gasteiger partial charge in [0.15, 0.2) is 11.3 Å². The minimum atomic E-state index is -0.594. The molecule has 0 aliphatic carbocycles. The molecule has 0 spiro atoms. The highest BCUT2D eigenvalue weighted by Crippen LogP contribution is 2.23. The van der Waals surface area contributed by atoms with Crippen LogP contribution in [0.3, 0.4) is 0 Å². The van der Waals surface area contributed by atoms with Crippen molar-refractivity contribution in [1.82, 2.24) is 9.55 Å². The molecule has 18 heavy (non-hydrogen) atoms. The Morgan fingerprint density at radius 1 is 1.33 bits per heavy atom. The smallest absolute Gasteiger partial charge is 0.272 e. The lowest BCUT2D eigenvalue weighted by molar-refractivity contribution is 0.476. The van der Waals surface area contributed by atoms with Gasteiger partial charge in [-0.25, -0.2) is 4.98 Å². The average molecular weight is 263 g/mol. The van der Waals surface area contributed by atoms with Crippen LogP contribution in [0, 0.1) is 22.7 Å². The molecular weight excluding hydrogens is 256 g/mol. The van der Waals surface area contributed by atoms with Gasteiger partial charge in [0.2, 0.25) is 0 Å². The number of nitriles is 2. The zero-order chi connectivity index (χ0) is 12.6. The maximum absolute atomic E-state index is 11.7. The van der Waals surface area contributed by atoms with Crippen molar-refractivity contribution in [2.24, 2.45) is 7.05 Å². The fourth-order valence-electron chi connectivity index (χ4n) is 1.56. The van der Waals surface area contributed by atoms with Gasteiger partial charge >= 0.3 is 0 Å². The molecule has 2 aromatic rings. The number of fused-ring (bicyclic) bond motifs is 1. The molecule has 0 amide bonds. The number of pyridine rings is 2. The lowest BCUT2D eigenvalue weighted by Crippen LogP contribution is -2.20. The van der Waals surface area contributed by atoms with Crippen molar-refractivity contribution in [3.05, 3.63) is 33.7 Å². The number of aryl methyl sites for hydroxylation is 1. The highest BCUT2D eigenvalue weighted by molar-refractivity contribution is 5.85. The van der Waals surface area contributed by atoms with Crippen LogP contribution in [0.2, 0.25) is 0 Å². The fraction of sp³-hybridized carbons (Fsp3) is 0.0909. The number of rotatable bonds is 0. The molecule has 6 nitrogen and oxygen atoms in total. The molecule has 0 aliphatic rings. The van der Waals surface area contributed by atoms with Crippen LogP contribution < -0.4 is 5.56 Å². The van der Waals surface area contributed by atoms with Crippen molar-refractivity contribution in [3.63, 3.8) is 0 Å². The van der Waals surface area contributed by atoms with Crippen molar-refractivity contribution < 1.29 is 5.11 Å². The van der Waals surface area contributed by atoms with Crippen LogP contribution in [0.1, 0.15) is 11.3 Å². The predicted octanol–water partition coefficient (Wildman–Crippen LogP) is 0.804. The number of hydrogen-bond acceptors (Lipinski definition) is 5. The zero-order valence-corrected chi connectivity index (χ0v) is 10.0. The molecule has 1 N–H and O–H groups in total. The standard InChI is InChI=1S/C11H6N4O2.ClH/c1-15-8-3-2-6(4-12)14-9(8)10(16)7(5-13)11(15)17;/h2-3,16H,1H3;1H. The van der Waals surface area contributed by atoms with Gasteiger partial charge in [-0.1, -0.05) is 0 Å². The summed E-state index contributed by atoms with van der Waals surface area (Å²) in [4.78, 5) is 15.6. The van der Waals surface area contributed by atoms with E-state index < -0.39 is 11.3 Å². The van der Waals surface area contributed by atoms with E-state index in [1.165, 1.54) is 23.7 Å². The van der Waals surface area contributed by atoms with Gasteiger partial charge < -0.3 is 9.67 Å². The summed E-state index contributed by atoms with van der Waals surface area (Å²) < 4.78 is 1.21. The van der Waals surface area contributed by atoms with Gasteiger partial charge in [0.25, 0.3) is 5.56 Å². The van der Waals surface area contributed by atoms with Gasteiger partial charge in [0, 0.05) is 7.05 Å². The lowest BCUT2D eigenvalue weighted by Gasteiger charge is -2.07. The molecule has 0 atom stereocenters. The lowest BCUT2D eigenvalue weighted by atomic mass is 10.2. The summed E-state index contributed by atoms with van der Waals surface area (Å²) in [6.07, 6.45) is 0. The Kier molecular flexibility index (Phi) is 3.55. The molecule has 0 radical (unpaired) electrons. The first-order valence-corrected chi connectivity index (χ1v) is 4.63. The van der Waals surface area contributed by atoms with Crippen molar-refractivity contribution in [3.8, 4) is 17.9 Å². The molecule has 90 valence electrons. The van der Waals surface area contributed by atoms with Crippen molar-refractivity contribution in [2.75, 3.05) is 0 Å². The number of aromatic nitrogens is 2. The molecule has 2 heterocycles. The number of aromatic hydroxyl groups is 1. The van der Waals surface area contributed by atoms with Crippen molar-refractivity contribution in [2.45, 2.75) is 0 Å². The molecule has 0 bridgehead atoms. The zero-order valence-electron chi connectivity index (χ0n) is 9.21. The van der Waals surface area contributed by atoms with Crippen LogP contribution in [0.15, 0.2) is 16.9 Å². The molecular formula is C11H7ClN4O2. The van der Waals surface area contributed by atoms with Crippen molar-refractivity contribution >= 4 is 23.4 Å². The van der Waals surface area contributed by atoms with Gasteiger partial charge in [0.1, 0.15) is 23.3 Å². The van der Waals surface area contributed by atoms with Gasteiger partial charge in [-0.3, -0.25) is 4.79 Å². The fourth-order valence-corrected chi connectivity index (χ4v) is 1.56. The third-order valence-corrected chi connectivity index (χ3v) is 2.44. The SMILES string of the molecule is Cl.Cn1c(=O)c(C#N)c(O)c2nc(C#N)ccc21. The van der Waals surface area contributed by atoms with Crippen LogP contribution in [0.5, 0.6) is 5.75 Å². The van der Waals surface area contributed by atoms with Crippen LogP contribution in [-0.2, 0) is 7.05 Å². The molecule has 0 saturated carbocycles. The highest BCUT2D eigenvalue weighted by Gasteiger charge is 2.15. The third-order valence-electron chi connectivity index (χ3n) is 2.44. The van der Waals surface area contributed by atoms with E-state index >= 15 is 0 Å². The second kappa shape index (κ2) is 4.74. The summed E-state index contributed by atoms with van der Waals surface area (Å²) in [6, 6.07) is 6.39. The van der Waals surface area contributed by atoms with E-state index in [0.29, 0.717) is 5.52 Å². The maximum Gasteiger partial charge on any atom is 0.272 e. The van der Waals surface area contributed by atoms with Crippen LogP contribution in [0.25, 0.3) is 11.0 Å². The quantitative estimate of drug-likeness (QED) is 0.756. The molecule has 2 rings (SSSR count). The van der Waals surface area contributed by atoms with E-state index in [4.69, 9.17) is 10.5 Å². The third kappa shape index (κ3) is 1.75. The Labute approximate surface area is 108 Å². The maximum atomic E-state index is 11.7. The number of nitrogens with zero attached hydrogens (tertiary/aromatic N) is 4. The molecule has 0 unspecified atom stereocenters. The largest absolute Gasteiger partial charge is 0.504 e. The summed E-state index contributed by atoms with van der Waals surface area (Å²) >= 11 is 0. The Bertz CT molecular complexity index is 768. The van der Waals surface area contributed by atoms with Gasteiger partial charge in [-0.2, -0.15) is 10.5 Å². The van der Waals surface area contributed by atoms with Gasteiger partial charge in [-0.15, -0.1) is 12.4 Å². The van der Waals surface area contributed by atoms with E-state index in [9.17, 15) is 9.90 Å². The minimum absolute atomic E-state index is 0. The van der Waals surface area contributed by atoms with E-state index in [1.807, 2.05) is 6.07 Å². The first kappa shape index (κ1) is 13.5. The van der Waals surface area contributed by atoms with E-state index in [0.717, 1.165) is 0 Å². The monoisotopic (exact) mass is 262 g/mol. The predicted molar refractivity (Wildman–Crippen MR) is 65.3 cm³/mol. The Hall–Kier alpha value is -2.57. The average Bonchev–Trinajstić information content (AvgIpc) is 2.36. The molecule has 0 aromatic carbocycles. The summed E-state index contributed by atoms with van der Waals surface area (Å²) in [6.45, 7) is 0. The Morgan fingerprint density at radius 3 is 2.56 bits per heavy atom. The van der Waals surface area contributed by atoms with E-state index in [-0.39, 0.29) is 29.2 Å². The summed E-state index contributed by atoms with van der Waals surface area (Å²) in [7, 11) is 1.47. The second-order valence-corrected chi connectivity index (χ2v) is 3.38. The highest BCUT2D eigenvalue weighted by atomic mass is 35.5. The van der Waals surface area contributed by atoms with Crippen molar-refractivity contribution in [1.29, 1.82) is 10.5 Å². The number of halogens is 1. The minimum Gasteiger partial charge on any atom is -0.504 e.